The maximum atomic E-state index is 11.9. The summed E-state index contributed by atoms with van der Waals surface area (Å²) in [6.45, 7) is 5.01. The first-order valence-corrected chi connectivity index (χ1v) is 8.23. The molecular weight excluding hydrogens is 314 g/mol. The number of rotatable bonds is 7. The zero-order valence-electron chi connectivity index (χ0n) is 14.3. The normalized spacial score (nSPS) is 31.5. The van der Waals surface area contributed by atoms with E-state index >= 15 is 0 Å². The van der Waals surface area contributed by atoms with Crippen LogP contribution in [0.5, 0.6) is 0 Å². The van der Waals surface area contributed by atoms with E-state index in [9.17, 15) is 19.5 Å². The predicted molar refractivity (Wildman–Crippen MR) is 85.0 cm³/mol. The summed E-state index contributed by atoms with van der Waals surface area (Å²) in [5.41, 5.74) is -0.357. The molecule has 0 spiro atoms. The average Bonchev–Trinajstić information content (AvgIpc) is 2.80. The second-order valence-corrected chi connectivity index (χ2v) is 6.87. The van der Waals surface area contributed by atoms with Crippen molar-refractivity contribution >= 4 is 18.0 Å². The molecule has 134 valence electrons. The zero-order chi connectivity index (χ0) is 18.0. The number of carboxylic acid groups (broad SMARTS) is 1. The van der Waals surface area contributed by atoms with Crippen LogP contribution in [0.3, 0.4) is 0 Å². The molecule has 2 aliphatic rings. The van der Waals surface area contributed by atoms with E-state index in [2.05, 4.69) is 24.4 Å². The Balaban J connectivity index is 1.96. The fourth-order valence-corrected chi connectivity index (χ4v) is 4.38. The van der Waals surface area contributed by atoms with E-state index in [1.54, 1.807) is 0 Å². The van der Waals surface area contributed by atoms with Crippen molar-refractivity contribution in [2.75, 3.05) is 6.54 Å². The van der Waals surface area contributed by atoms with E-state index in [1.165, 1.54) is 13.8 Å². The Morgan fingerprint density at radius 2 is 2.08 bits per heavy atom. The first kappa shape index (κ1) is 18.3. The summed E-state index contributed by atoms with van der Waals surface area (Å²) in [5.74, 6) is -1.26. The van der Waals surface area contributed by atoms with Gasteiger partial charge in [0.25, 0.3) is 0 Å². The number of hydrogen-bond acceptors (Lipinski definition) is 5. The Bertz CT molecular complexity index is 559. The first-order valence-electron chi connectivity index (χ1n) is 8.23. The van der Waals surface area contributed by atoms with E-state index in [0.29, 0.717) is 0 Å². The highest BCUT2D eigenvalue weighted by Gasteiger charge is 2.62. The van der Waals surface area contributed by atoms with Crippen LogP contribution in [0.25, 0.3) is 0 Å². The second kappa shape index (κ2) is 6.83. The van der Waals surface area contributed by atoms with Crippen LogP contribution in [0.15, 0.2) is 12.2 Å². The van der Waals surface area contributed by atoms with Gasteiger partial charge in [-0.25, -0.2) is 4.79 Å². The number of carbonyl (C=O) groups excluding carboxylic acids is 2. The summed E-state index contributed by atoms with van der Waals surface area (Å²) < 4.78 is 9.67. The Morgan fingerprint density at radius 3 is 2.67 bits per heavy atom. The molecule has 4 atom stereocenters. The largest absolute Gasteiger partial charge is 0.481 e. The molecule has 1 fully saturated rings. The number of aliphatic carboxylic acids is 1. The van der Waals surface area contributed by atoms with Gasteiger partial charge in [-0.15, -0.1) is 0 Å². The summed E-state index contributed by atoms with van der Waals surface area (Å²) in [4.78, 5) is 34.0. The molecule has 0 unspecified atom stereocenters. The molecule has 2 N–H and O–H groups in total. The Morgan fingerprint density at radius 1 is 1.38 bits per heavy atom. The molecule has 24 heavy (non-hydrogen) atoms. The van der Waals surface area contributed by atoms with Crippen molar-refractivity contribution in [3.63, 3.8) is 0 Å². The van der Waals surface area contributed by atoms with Crippen molar-refractivity contribution in [1.29, 1.82) is 0 Å². The molecular formula is C17H25NO6. The van der Waals surface area contributed by atoms with Crippen molar-refractivity contribution in [3.05, 3.63) is 12.2 Å². The van der Waals surface area contributed by atoms with Gasteiger partial charge >= 0.3 is 18.0 Å². The topological polar surface area (TPSA) is 102 Å². The molecule has 2 rings (SSSR count). The minimum atomic E-state index is -0.986. The fraction of sp³-hybridized carbons (Fsp3) is 0.706. The zero-order valence-corrected chi connectivity index (χ0v) is 14.3. The second-order valence-electron chi connectivity index (χ2n) is 6.87. The summed E-state index contributed by atoms with van der Waals surface area (Å²) >= 11 is 0. The van der Waals surface area contributed by atoms with E-state index in [-0.39, 0.29) is 24.3 Å². The summed E-state index contributed by atoms with van der Waals surface area (Å²) in [6.07, 6.45) is 5.21. The summed E-state index contributed by atoms with van der Waals surface area (Å²) in [5, 5.41) is 11.9. The molecule has 2 aliphatic carbocycles. The molecule has 0 aromatic rings. The summed E-state index contributed by atoms with van der Waals surface area (Å²) in [7, 11) is 0. The lowest BCUT2D eigenvalue weighted by Crippen LogP contribution is -2.59. The van der Waals surface area contributed by atoms with Crippen LogP contribution in [0.1, 0.15) is 46.5 Å². The molecule has 0 bridgehead atoms. The highest BCUT2D eigenvalue weighted by molar-refractivity contribution is 5.70. The van der Waals surface area contributed by atoms with Gasteiger partial charge in [-0.3, -0.25) is 9.59 Å². The molecule has 0 saturated heterocycles. The van der Waals surface area contributed by atoms with Crippen molar-refractivity contribution in [2.24, 2.45) is 16.7 Å². The van der Waals surface area contributed by atoms with E-state index in [4.69, 9.17) is 9.47 Å². The van der Waals surface area contributed by atoms with Gasteiger partial charge in [-0.1, -0.05) is 19.1 Å². The maximum absolute atomic E-state index is 11.9. The van der Waals surface area contributed by atoms with Crippen LogP contribution in [-0.2, 0) is 19.1 Å². The van der Waals surface area contributed by atoms with Crippen LogP contribution >= 0.6 is 0 Å². The lowest BCUT2D eigenvalue weighted by atomic mass is 9.44. The molecule has 7 nitrogen and oxygen atoms in total. The van der Waals surface area contributed by atoms with E-state index < -0.39 is 29.7 Å². The fourth-order valence-electron chi connectivity index (χ4n) is 4.38. The number of amides is 1. The number of carboxylic acids is 1. The van der Waals surface area contributed by atoms with Gasteiger partial charge in [-0.2, -0.15) is 0 Å². The molecule has 1 saturated carbocycles. The van der Waals surface area contributed by atoms with Crippen LogP contribution in [-0.4, -0.2) is 36.0 Å². The number of nitrogens with one attached hydrogen (secondary N) is 1. The van der Waals surface area contributed by atoms with Crippen LogP contribution in [0.4, 0.5) is 4.79 Å². The van der Waals surface area contributed by atoms with Crippen LogP contribution in [0.2, 0.25) is 0 Å². The Hall–Kier alpha value is -2.05. The monoisotopic (exact) mass is 339 g/mol. The van der Waals surface area contributed by atoms with Crippen molar-refractivity contribution in [1.82, 2.24) is 5.32 Å². The van der Waals surface area contributed by atoms with E-state index in [1.807, 2.05) is 0 Å². The first-order chi connectivity index (χ1) is 11.2. The molecule has 0 aromatic carbocycles. The lowest BCUT2D eigenvalue weighted by molar-refractivity contribution is -0.163. The standard InChI is InChI=1S/C17H25NO6/c1-4-16-7-5-6-13(16)17(9-16,8-14(20)21)10-18-15(22)24-12(3)23-11(2)19/h5-6,12-13H,4,7-10H2,1-3H3,(H,18,22)(H,20,21)/t12-,13+,16-,17+/m0/s1. The molecule has 0 radical (unpaired) electrons. The Labute approximate surface area is 141 Å². The Kier molecular flexibility index (Phi) is 5.20. The third-order valence-corrected chi connectivity index (χ3v) is 5.27. The van der Waals surface area contributed by atoms with Gasteiger partial charge in [0, 0.05) is 25.8 Å². The van der Waals surface area contributed by atoms with Crippen molar-refractivity contribution < 1.29 is 29.0 Å². The molecule has 0 aliphatic heterocycles. The molecule has 7 heteroatoms. The molecule has 1 amide bonds. The SMILES string of the molecule is CC[C@@]12CC=C[C@H]1[C@](CNC(=O)O[C@@H](C)OC(C)=O)(CC(=O)O)C2. The van der Waals surface area contributed by atoms with Gasteiger partial charge < -0.3 is 19.9 Å². The molecule has 0 aromatic heterocycles. The number of carbonyl (C=O) groups is 3. The van der Waals surface area contributed by atoms with Crippen molar-refractivity contribution in [2.45, 2.75) is 52.7 Å². The van der Waals surface area contributed by atoms with Gasteiger partial charge in [-0.05, 0) is 30.6 Å². The predicted octanol–water partition coefficient (Wildman–Crippen LogP) is 2.46. The number of esters is 1. The number of allylic oxidation sites excluding steroid dienone is 2. The third-order valence-electron chi connectivity index (χ3n) is 5.27. The van der Waals surface area contributed by atoms with Gasteiger partial charge in [0.05, 0.1) is 6.42 Å². The highest BCUT2D eigenvalue weighted by Crippen LogP contribution is 2.67. The minimum Gasteiger partial charge on any atom is -0.481 e. The van der Waals surface area contributed by atoms with Crippen LogP contribution in [0, 0.1) is 16.7 Å². The average molecular weight is 339 g/mol. The van der Waals surface area contributed by atoms with Crippen LogP contribution < -0.4 is 5.32 Å². The number of hydrogen-bond donors (Lipinski definition) is 2. The van der Waals surface area contributed by atoms with Gasteiger partial charge in [0.2, 0.25) is 6.29 Å². The number of alkyl carbamates (subject to hydrolysis) is 1. The summed E-state index contributed by atoms with van der Waals surface area (Å²) in [6, 6.07) is 0. The van der Waals surface area contributed by atoms with Crippen molar-refractivity contribution in [3.8, 4) is 0 Å². The van der Waals surface area contributed by atoms with E-state index in [0.717, 1.165) is 19.3 Å². The maximum Gasteiger partial charge on any atom is 0.410 e. The number of fused-ring (bicyclic) bond motifs is 1. The van der Waals surface area contributed by atoms with Gasteiger partial charge in [0.1, 0.15) is 0 Å². The number of ether oxygens (including phenoxy) is 2. The smallest absolute Gasteiger partial charge is 0.410 e. The third kappa shape index (κ3) is 3.55. The minimum absolute atomic E-state index is 0.00351. The molecule has 0 heterocycles. The lowest BCUT2D eigenvalue weighted by Gasteiger charge is -2.60. The highest BCUT2D eigenvalue weighted by atomic mass is 16.7. The van der Waals surface area contributed by atoms with Gasteiger partial charge in [0.15, 0.2) is 0 Å². The quantitative estimate of drug-likeness (QED) is 0.420.